The Morgan fingerprint density at radius 3 is 2.85 bits per heavy atom. The number of hydrogen-bond acceptors (Lipinski definition) is 4. The average molecular weight is 297 g/mol. The van der Waals surface area contributed by atoms with Crippen LogP contribution in [0.2, 0.25) is 0 Å². The topological polar surface area (TPSA) is 75.6 Å². The number of hydrogen-bond donors (Lipinski definition) is 2. The Bertz CT molecular complexity index is 655. The number of carboxylic acid groups (broad SMARTS) is 1. The molecule has 1 aromatic heterocycles. The van der Waals surface area contributed by atoms with Gasteiger partial charge < -0.3 is 15.2 Å². The van der Waals surface area contributed by atoms with Gasteiger partial charge in [-0.05, 0) is 23.6 Å². The van der Waals surface area contributed by atoms with Gasteiger partial charge >= 0.3 is 5.97 Å². The number of benzene rings is 1. The van der Waals surface area contributed by atoms with E-state index in [1.165, 1.54) is 19.2 Å². The van der Waals surface area contributed by atoms with Crippen molar-refractivity contribution in [2.24, 2.45) is 0 Å². The molecule has 0 bridgehead atoms. The van der Waals surface area contributed by atoms with Crippen molar-refractivity contribution in [3.8, 4) is 0 Å². The molecule has 1 atom stereocenters. The fourth-order valence-electron chi connectivity index (χ4n) is 1.69. The number of carbonyl (C=O) groups excluding carboxylic acids is 1. The third-order valence-electron chi connectivity index (χ3n) is 2.64. The van der Waals surface area contributed by atoms with Gasteiger partial charge in [-0.1, -0.05) is 6.07 Å². The third kappa shape index (κ3) is 3.12. The molecule has 106 valence electrons. The summed E-state index contributed by atoms with van der Waals surface area (Å²) in [5.74, 6) is -2.07. The van der Waals surface area contributed by atoms with E-state index < -0.39 is 17.9 Å². The van der Waals surface area contributed by atoms with Crippen molar-refractivity contribution in [2.75, 3.05) is 13.7 Å². The highest BCUT2D eigenvalue weighted by Gasteiger charge is 2.21. The van der Waals surface area contributed by atoms with Gasteiger partial charge in [-0.25, -0.2) is 9.18 Å². The van der Waals surface area contributed by atoms with Gasteiger partial charge in [-0.3, -0.25) is 4.79 Å². The third-order valence-corrected chi connectivity index (χ3v) is 3.74. The van der Waals surface area contributed by atoms with Crippen molar-refractivity contribution >= 4 is 33.3 Å². The minimum atomic E-state index is -1.17. The minimum Gasteiger partial charge on any atom is -0.480 e. The van der Waals surface area contributed by atoms with Crippen LogP contribution in [0.25, 0.3) is 10.1 Å². The van der Waals surface area contributed by atoms with Crippen LogP contribution in [-0.2, 0) is 9.53 Å². The van der Waals surface area contributed by atoms with E-state index in [0.29, 0.717) is 9.58 Å². The summed E-state index contributed by atoms with van der Waals surface area (Å²) < 4.78 is 18.4. The monoisotopic (exact) mass is 297 g/mol. The Hall–Kier alpha value is -1.99. The molecule has 0 fully saturated rings. The Morgan fingerprint density at radius 1 is 1.45 bits per heavy atom. The van der Waals surface area contributed by atoms with Crippen LogP contribution in [-0.4, -0.2) is 36.7 Å². The van der Waals surface area contributed by atoms with Crippen molar-refractivity contribution in [2.45, 2.75) is 6.04 Å². The summed E-state index contributed by atoms with van der Waals surface area (Å²) in [7, 11) is 1.35. The fraction of sp³-hybridized carbons (Fsp3) is 0.231. The van der Waals surface area contributed by atoms with Crippen molar-refractivity contribution in [3.05, 3.63) is 35.0 Å². The summed E-state index contributed by atoms with van der Waals surface area (Å²) in [6.45, 7) is -0.124. The Labute approximate surface area is 118 Å². The Kier molecular flexibility index (Phi) is 4.31. The van der Waals surface area contributed by atoms with Gasteiger partial charge in [0.25, 0.3) is 5.91 Å². The van der Waals surface area contributed by atoms with Crippen molar-refractivity contribution in [1.82, 2.24) is 5.32 Å². The lowest BCUT2D eigenvalue weighted by Gasteiger charge is -2.12. The van der Waals surface area contributed by atoms with E-state index in [4.69, 9.17) is 9.84 Å². The number of thiophene rings is 1. The van der Waals surface area contributed by atoms with Crippen LogP contribution in [0.4, 0.5) is 4.39 Å². The average Bonchev–Trinajstić information content (AvgIpc) is 2.80. The van der Waals surface area contributed by atoms with Gasteiger partial charge in [-0.15, -0.1) is 11.3 Å². The summed E-state index contributed by atoms with van der Waals surface area (Å²) in [5, 5.41) is 12.0. The summed E-state index contributed by atoms with van der Waals surface area (Å²) >= 11 is 1.11. The summed E-state index contributed by atoms with van der Waals surface area (Å²) in [5.41, 5.74) is 0. The molecule has 0 radical (unpaired) electrons. The number of carbonyl (C=O) groups is 2. The lowest BCUT2D eigenvalue weighted by molar-refractivity contribution is -0.140. The van der Waals surface area contributed by atoms with E-state index in [1.807, 2.05) is 0 Å². The number of carboxylic acids is 1. The molecular weight excluding hydrogens is 285 g/mol. The van der Waals surface area contributed by atoms with E-state index >= 15 is 0 Å². The van der Waals surface area contributed by atoms with Crippen molar-refractivity contribution in [1.29, 1.82) is 0 Å². The smallest absolute Gasteiger partial charge is 0.328 e. The van der Waals surface area contributed by atoms with E-state index in [9.17, 15) is 14.0 Å². The molecular formula is C13H12FNO4S. The highest BCUT2D eigenvalue weighted by Crippen LogP contribution is 2.26. The molecule has 20 heavy (non-hydrogen) atoms. The van der Waals surface area contributed by atoms with Crippen LogP contribution in [0.5, 0.6) is 0 Å². The first-order chi connectivity index (χ1) is 9.51. The largest absolute Gasteiger partial charge is 0.480 e. The standard InChI is InChI=1S/C13H12FNO4S/c1-19-6-9(13(17)18)15-12(16)11-4-7-2-3-8(14)5-10(7)20-11/h2-5,9H,6H2,1H3,(H,15,16)(H,17,18). The highest BCUT2D eigenvalue weighted by atomic mass is 32.1. The van der Waals surface area contributed by atoms with Gasteiger partial charge in [0.2, 0.25) is 0 Å². The second-order valence-electron chi connectivity index (χ2n) is 4.11. The number of rotatable bonds is 5. The Morgan fingerprint density at radius 2 is 2.20 bits per heavy atom. The lowest BCUT2D eigenvalue weighted by Crippen LogP contribution is -2.43. The molecule has 2 aromatic rings. The predicted octanol–water partition coefficient (Wildman–Crippen LogP) is 1.87. The van der Waals surface area contributed by atoms with Crippen molar-refractivity contribution in [3.63, 3.8) is 0 Å². The number of ether oxygens (including phenoxy) is 1. The fourth-order valence-corrected chi connectivity index (χ4v) is 2.68. The maximum absolute atomic E-state index is 13.1. The molecule has 1 unspecified atom stereocenters. The van der Waals surface area contributed by atoms with Crippen LogP contribution in [0.3, 0.4) is 0 Å². The molecule has 1 heterocycles. The lowest BCUT2D eigenvalue weighted by atomic mass is 10.2. The van der Waals surface area contributed by atoms with Gasteiger partial charge in [-0.2, -0.15) is 0 Å². The van der Waals surface area contributed by atoms with Crippen LogP contribution in [0, 0.1) is 5.82 Å². The maximum atomic E-state index is 13.1. The molecule has 1 amide bonds. The second kappa shape index (κ2) is 5.98. The molecule has 0 aliphatic rings. The maximum Gasteiger partial charge on any atom is 0.328 e. The second-order valence-corrected chi connectivity index (χ2v) is 5.20. The number of halogens is 1. The summed E-state index contributed by atoms with van der Waals surface area (Å²) in [6, 6.07) is 4.69. The molecule has 2 rings (SSSR count). The molecule has 2 N–H and O–H groups in total. The highest BCUT2D eigenvalue weighted by molar-refractivity contribution is 7.20. The molecule has 5 nitrogen and oxygen atoms in total. The van der Waals surface area contributed by atoms with Gasteiger partial charge in [0.1, 0.15) is 5.82 Å². The normalized spacial score (nSPS) is 12.3. The molecule has 0 aliphatic heterocycles. The summed E-state index contributed by atoms with van der Waals surface area (Å²) in [4.78, 5) is 23.2. The minimum absolute atomic E-state index is 0.124. The van der Waals surface area contributed by atoms with Crippen molar-refractivity contribution < 1.29 is 23.8 Å². The quantitative estimate of drug-likeness (QED) is 0.883. The number of amides is 1. The predicted molar refractivity (Wildman–Crippen MR) is 72.5 cm³/mol. The molecule has 0 spiro atoms. The van der Waals surface area contributed by atoms with Crippen LogP contribution in [0.15, 0.2) is 24.3 Å². The van der Waals surface area contributed by atoms with E-state index in [1.54, 1.807) is 12.1 Å². The SMILES string of the molecule is COCC(NC(=O)c1cc2ccc(F)cc2s1)C(=O)O. The first-order valence-corrected chi connectivity index (χ1v) is 6.54. The molecule has 0 saturated heterocycles. The van der Waals surface area contributed by atoms with Crippen LogP contribution >= 0.6 is 11.3 Å². The van der Waals surface area contributed by atoms with Gasteiger partial charge in [0.05, 0.1) is 11.5 Å². The molecule has 0 saturated carbocycles. The van der Waals surface area contributed by atoms with E-state index in [0.717, 1.165) is 16.7 Å². The first kappa shape index (κ1) is 14.4. The summed E-state index contributed by atoms with van der Waals surface area (Å²) in [6.07, 6.45) is 0. The van der Waals surface area contributed by atoms with Gasteiger partial charge in [0, 0.05) is 11.8 Å². The molecule has 1 aromatic carbocycles. The zero-order valence-electron chi connectivity index (χ0n) is 10.6. The number of nitrogens with one attached hydrogen (secondary N) is 1. The van der Waals surface area contributed by atoms with Gasteiger partial charge in [0.15, 0.2) is 6.04 Å². The molecule has 0 aliphatic carbocycles. The van der Waals surface area contributed by atoms with E-state index in [2.05, 4.69) is 5.32 Å². The zero-order valence-corrected chi connectivity index (χ0v) is 11.4. The number of methoxy groups -OCH3 is 1. The van der Waals surface area contributed by atoms with Crippen LogP contribution in [0.1, 0.15) is 9.67 Å². The zero-order chi connectivity index (χ0) is 14.7. The number of fused-ring (bicyclic) bond motifs is 1. The molecule has 7 heteroatoms. The Balaban J connectivity index is 2.20. The number of aliphatic carboxylic acids is 1. The van der Waals surface area contributed by atoms with Crippen LogP contribution < -0.4 is 5.32 Å². The van der Waals surface area contributed by atoms with E-state index in [-0.39, 0.29) is 12.4 Å². The first-order valence-electron chi connectivity index (χ1n) is 5.73.